The number of aromatic nitrogens is 2. The molecular weight excluding hydrogens is 404 g/mol. The number of rotatable bonds is 2. The van der Waals surface area contributed by atoms with E-state index < -0.39 is 0 Å². The van der Waals surface area contributed by atoms with Crippen molar-refractivity contribution < 1.29 is 4.39 Å². The molecule has 0 saturated heterocycles. The van der Waals surface area contributed by atoms with Gasteiger partial charge in [0.25, 0.3) is 0 Å². The van der Waals surface area contributed by atoms with E-state index in [1.165, 1.54) is 12.1 Å². The highest BCUT2D eigenvalue weighted by atomic mass is 127. The lowest BCUT2D eigenvalue weighted by Crippen LogP contribution is -1.89. The van der Waals surface area contributed by atoms with Crippen LogP contribution in [0.25, 0.3) is 22.4 Å². The van der Waals surface area contributed by atoms with Gasteiger partial charge in [-0.1, -0.05) is 29.8 Å². The molecule has 3 rings (SSSR count). The van der Waals surface area contributed by atoms with Gasteiger partial charge in [-0.25, -0.2) is 4.39 Å². The Kier molecular flexibility index (Phi) is 3.86. The van der Waals surface area contributed by atoms with Crippen LogP contribution in [0.15, 0.2) is 42.5 Å². The first-order chi connectivity index (χ1) is 10.1. The van der Waals surface area contributed by atoms with Crippen molar-refractivity contribution in [2.45, 2.75) is 0 Å². The van der Waals surface area contributed by atoms with Gasteiger partial charge in [0.2, 0.25) is 0 Å². The molecule has 3 N–H and O–H groups in total. The Balaban J connectivity index is 2.16. The second kappa shape index (κ2) is 5.65. The maximum Gasteiger partial charge on any atom is 0.153 e. The van der Waals surface area contributed by atoms with Gasteiger partial charge in [0.15, 0.2) is 5.82 Å². The number of nitrogens with zero attached hydrogens (tertiary/aromatic N) is 1. The average molecular weight is 414 g/mol. The fourth-order valence-corrected chi connectivity index (χ4v) is 2.64. The van der Waals surface area contributed by atoms with E-state index in [2.05, 4.69) is 32.8 Å². The third-order valence-corrected chi connectivity index (χ3v) is 4.71. The number of hydrogen-bond acceptors (Lipinski definition) is 2. The minimum atomic E-state index is -0.292. The monoisotopic (exact) mass is 413 g/mol. The van der Waals surface area contributed by atoms with Crippen LogP contribution in [0.2, 0.25) is 5.02 Å². The molecule has 0 bridgehead atoms. The Hall–Kier alpha value is -1.60. The topological polar surface area (TPSA) is 54.7 Å². The molecular formula is C15H10ClFIN3. The third kappa shape index (κ3) is 2.75. The van der Waals surface area contributed by atoms with Crippen molar-refractivity contribution in [2.75, 3.05) is 5.73 Å². The summed E-state index contributed by atoms with van der Waals surface area (Å²) in [5, 5.41) is 7.64. The molecule has 6 heteroatoms. The van der Waals surface area contributed by atoms with Crippen molar-refractivity contribution in [1.82, 2.24) is 10.2 Å². The van der Waals surface area contributed by atoms with Crippen LogP contribution in [-0.4, -0.2) is 10.2 Å². The molecule has 1 heterocycles. The van der Waals surface area contributed by atoms with Crippen molar-refractivity contribution >= 4 is 40.0 Å². The Morgan fingerprint density at radius 1 is 1.10 bits per heavy atom. The first-order valence-corrected chi connectivity index (χ1v) is 7.57. The Labute approximate surface area is 139 Å². The fourth-order valence-electron chi connectivity index (χ4n) is 2.13. The molecule has 0 spiro atoms. The standard InChI is InChI=1S/C15H10ClFIN3/c16-11-7-9(3-6-12(11)18)14-13(15(19)21-20-14)8-1-4-10(17)5-2-8/h1-7H,(H3,19,20,21). The smallest absolute Gasteiger partial charge is 0.153 e. The van der Waals surface area contributed by atoms with Crippen LogP contribution in [0.4, 0.5) is 10.2 Å². The van der Waals surface area contributed by atoms with Gasteiger partial charge < -0.3 is 5.73 Å². The number of benzene rings is 2. The number of anilines is 1. The van der Waals surface area contributed by atoms with Gasteiger partial charge in [-0.05, 0) is 52.4 Å². The van der Waals surface area contributed by atoms with E-state index in [0.29, 0.717) is 10.8 Å². The Morgan fingerprint density at radius 2 is 1.76 bits per heavy atom. The maximum absolute atomic E-state index is 13.1. The van der Waals surface area contributed by atoms with Crippen LogP contribution in [0.5, 0.6) is 0 Å². The second-order valence-corrected chi connectivity index (χ2v) is 6.06. The molecule has 0 radical (unpaired) electrons. The molecule has 3 aromatic rings. The Bertz CT molecular complexity index is 799. The van der Waals surface area contributed by atoms with E-state index in [4.69, 9.17) is 17.3 Å². The summed E-state index contributed by atoms with van der Waals surface area (Å²) in [4.78, 5) is 0. The Morgan fingerprint density at radius 3 is 2.43 bits per heavy atom. The zero-order valence-electron chi connectivity index (χ0n) is 10.7. The highest BCUT2D eigenvalue weighted by Gasteiger charge is 2.15. The van der Waals surface area contributed by atoms with Crippen molar-refractivity contribution in [1.29, 1.82) is 0 Å². The van der Waals surface area contributed by atoms with E-state index in [1.807, 2.05) is 18.2 Å². The summed E-state index contributed by atoms with van der Waals surface area (Å²) in [6, 6.07) is 11.8. The second-order valence-electron chi connectivity index (χ2n) is 4.49. The number of H-pyrrole nitrogens is 1. The molecule has 0 fully saturated rings. The van der Waals surface area contributed by atoms with E-state index in [1.54, 1.807) is 12.1 Å². The van der Waals surface area contributed by atoms with Gasteiger partial charge in [0, 0.05) is 9.13 Å². The number of nitrogens with one attached hydrogen (secondary N) is 1. The molecule has 0 unspecified atom stereocenters. The molecule has 0 amide bonds. The minimum absolute atomic E-state index is 0.292. The van der Waals surface area contributed by atoms with Crippen LogP contribution in [0, 0.1) is 9.39 Å². The first kappa shape index (κ1) is 14.3. The zero-order valence-corrected chi connectivity index (χ0v) is 13.6. The molecule has 21 heavy (non-hydrogen) atoms. The van der Waals surface area contributed by atoms with E-state index in [0.717, 1.165) is 26.0 Å². The quantitative estimate of drug-likeness (QED) is 0.597. The molecule has 106 valence electrons. The van der Waals surface area contributed by atoms with Gasteiger partial charge >= 0.3 is 0 Å². The molecule has 0 aliphatic heterocycles. The van der Waals surface area contributed by atoms with Gasteiger partial charge in [-0.15, -0.1) is 0 Å². The molecule has 0 saturated carbocycles. The SMILES string of the molecule is Nc1n[nH]c(-c2ccc(I)c(Cl)c2)c1-c1ccc(F)cc1. The first-order valence-electron chi connectivity index (χ1n) is 6.11. The number of nitrogens with two attached hydrogens (primary N) is 1. The number of aromatic amines is 1. The normalized spacial score (nSPS) is 10.8. The van der Waals surface area contributed by atoms with E-state index in [-0.39, 0.29) is 5.82 Å². The lowest BCUT2D eigenvalue weighted by Gasteiger charge is -2.06. The molecule has 0 atom stereocenters. The predicted molar refractivity (Wildman–Crippen MR) is 91.6 cm³/mol. The lowest BCUT2D eigenvalue weighted by atomic mass is 10.0. The summed E-state index contributed by atoms with van der Waals surface area (Å²) in [5.41, 5.74) is 9.13. The molecule has 0 aliphatic rings. The van der Waals surface area contributed by atoms with E-state index >= 15 is 0 Å². The van der Waals surface area contributed by atoms with Gasteiger partial charge in [-0.2, -0.15) is 5.10 Å². The predicted octanol–water partition coefficient (Wildman–Crippen LogP) is 4.72. The maximum atomic E-state index is 13.1. The lowest BCUT2D eigenvalue weighted by molar-refractivity contribution is 0.628. The van der Waals surface area contributed by atoms with Crippen LogP contribution in [-0.2, 0) is 0 Å². The number of halogens is 3. The summed E-state index contributed by atoms with van der Waals surface area (Å²) in [6.45, 7) is 0. The molecule has 0 aliphatic carbocycles. The van der Waals surface area contributed by atoms with Gasteiger partial charge in [-0.3, -0.25) is 5.10 Å². The molecule has 3 nitrogen and oxygen atoms in total. The van der Waals surface area contributed by atoms with Gasteiger partial charge in [0.05, 0.1) is 16.3 Å². The summed E-state index contributed by atoms with van der Waals surface area (Å²) < 4.78 is 14.0. The largest absolute Gasteiger partial charge is 0.382 e. The minimum Gasteiger partial charge on any atom is -0.382 e. The molecule has 2 aromatic carbocycles. The highest BCUT2D eigenvalue weighted by molar-refractivity contribution is 14.1. The van der Waals surface area contributed by atoms with Crippen molar-refractivity contribution in [3.63, 3.8) is 0 Å². The summed E-state index contributed by atoms with van der Waals surface area (Å²) in [5.74, 6) is 0.0750. The fraction of sp³-hybridized carbons (Fsp3) is 0. The van der Waals surface area contributed by atoms with Gasteiger partial charge in [0.1, 0.15) is 5.82 Å². The van der Waals surface area contributed by atoms with Crippen LogP contribution in [0.3, 0.4) is 0 Å². The van der Waals surface area contributed by atoms with Crippen molar-refractivity contribution in [3.05, 3.63) is 56.9 Å². The van der Waals surface area contributed by atoms with Crippen molar-refractivity contribution in [2.24, 2.45) is 0 Å². The highest BCUT2D eigenvalue weighted by Crippen LogP contribution is 2.36. The van der Waals surface area contributed by atoms with Crippen molar-refractivity contribution in [3.8, 4) is 22.4 Å². The van der Waals surface area contributed by atoms with Crippen LogP contribution in [0.1, 0.15) is 0 Å². The third-order valence-electron chi connectivity index (χ3n) is 3.14. The zero-order chi connectivity index (χ0) is 15.0. The molecule has 1 aromatic heterocycles. The van der Waals surface area contributed by atoms with Crippen LogP contribution >= 0.6 is 34.2 Å². The number of nitrogen functional groups attached to an aromatic ring is 1. The van der Waals surface area contributed by atoms with Crippen LogP contribution < -0.4 is 5.73 Å². The average Bonchev–Trinajstić information content (AvgIpc) is 2.85. The van der Waals surface area contributed by atoms with E-state index in [9.17, 15) is 4.39 Å². The summed E-state index contributed by atoms with van der Waals surface area (Å²) in [7, 11) is 0. The summed E-state index contributed by atoms with van der Waals surface area (Å²) in [6.07, 6.45) is 0. The number of hydrogen-bond donors (Lipinski definition) is 2. The summed E-state index contributed by atoms with van der Waals surface area (Å²) >= 11 is 8.33.